The maximum atomic E-state index is 5.84. The molecule has 0 N–H and O–H groups in total. The van der Waals surface area contributed by atoms with E-state index in [0.29, 0.717) is 18.1 Å². The molecule has 0 bridgehead atoms. The Hall–Kier alpha value is -0.0800. The van der Waals surface area contributed by atoms with Crippen LogP contribution in [-0.4, -0.2) is 25.9 Å². The summed E-state index contributed by atoms with van der Waals surface area (Å²) in [6.07, 6.45) is 4.36. The molecule has 0 aliphatic carbocycles. The minimum atomic E-state index is 0.440. The predicted molar refractivity (Wildman–Crippen MR) is 49.2 cm³/mol. The maximum Gasteiger partial charge on any atom is 0.0627 e. The smallest absolute Gasteiger partial charge is 0.0627 e. The van der Waals surface area contributed by atoms with Gasteiger partial charge in [0.1, 0.15) is 0 Å². The molecule has 1 rings (SSSR count). The van der Waals surface area contributed by atoms with Crippen molar-refractivity contribution in [1.82, 2.24) is 0 Å². The van der Waals surface area contributed by atoms with E-state index in [1.54, 1.807) is 7.11 Å². The molecule has 3 unspecified atom stereocenters. The van der Waals surface area contributed by atoms with Crippen LogP contribution in [0.2, 0.25) is 0 Å². The largest absolute Gasteiger partial charge is 0.384 e. The van der Waals surface area contributed by atoms with Crippen LogP contribution in [0.3, 0.4) is 0 Å². The van der Waals surface area contributed by atoms with Gasteiger partial charge in [0.25, 0.3) is 0 Å². The number of hydrogen-bond donors (Lipinski definition) is 0. The predicted octanol–water partition coefficient (Wildman–Crippen LogP) is 2.23. The van der Waals surface area contributed by atoms with Gasteiger partial charge in [-0.25, -0.2) is 0 Å². The van der Waals surface area contributed by atoms with Gasteiger partial charge in [0.15, 0.2) is 0 Å². The van der Waals surface area contributed by atoms with Gasteiger partial charge in [-0.1, -0.05) is 13.8 Å². The molecule has 0 amide bonds. The fourth-order valence-corrected chi connectivity index (χ4v) is 1.99. The van der Waals surface area contributed by atoms with Crippen molar-refractivity contribution in [2.45, 2.75) is 45.3 Å². The first-order chi connectivity index (χ1) is 5.81. The van der Waals surface area contributed by atoms with Gasteiger partial charge in [-0.3, -0.25) is 0 Å². The molecule has 3 atom stereocenters. The van der Waals surface area contributed by atoms with Crippen molar-refractivity contribution in [3.05, 3.63) is 0 Å². The van der Waals surface area contributed by atoms with Crippen LogP contribution in [0.25, 0.3) is 0 Å². The maximum absolute atomic E-state index is 5.84. The Morgan fingerprint density at radius 3 is 2.58 bits per heavy atom. The standard InChI is InChI=1S/C10H20O2/c1-4-9-6-8(7-11-3)10(5-2)12-9/h8-10H,4-7H2,1-3H3. The first kappa shape index (κ1) is 10.0. The molecule has 1 aliphatic heterocycles. The lowest BCUT2D eigenvalue weighted by Gasteiger charge is -2.15. The van der Waals surface area contributed by atoms with Crippen LogP contribution in [-0.2, 0) is 9.47 Å². The Morgan fingerprint density at radius 2 is 2.08 bits per heavy atom. The highest BCUT2D eigenvalue weighted by Gasteiger charge is 2.32. The van der Waals surface area contributed by atoms with Gasteiger partial charge in [0.05, 0.1) is 18.8 Å². The fourth-order valence-electron chi connectivity index (χ4n) is 1.99. The van der Waals surface area contributed by atoms with Crippen LogP contribution in [0.5, 0.6) is 0 Å². The summed E-state index contributed by atoms with van der Waals surface area (Å²) in [6.45, 7) is 5.23. The molecule has 1 saturated heterocycles. The minimum Gasteiger partial charge on any atom is -0.384 e. The van der Waals surface area contributed by atoms with Gasteiger partial charge in [0, 0.05) is 13.0 Å². The van der Waals surface area contributed by atoms with E-state index in [2.05, 4.69) is 13.8 Å². The third kappa shape index (κ3) is 2.20. The quantitative estimate of drug-likeness (QED) is 0.647. The fraction of sp³-hybridized carbons (Fsp3) is 1.00. The molecule has 1 heterocycles. The second-order valence-electron chi connectivity index (χ2n) is 3.56. The highest BCUT2D eigenvalue weighted by molar-refractivity contribution is 4.80. The van der Waals surface area contributed by atoms with Gasteiger partial charge in [-0.15, -0.1) is 0 Å². The van der Waals surface area contributed by atoms with E-state index in [1.807, 2.05) is 0 Å². The molecule has 2 heteroatoms. The zero-order chi connectivity index (χ0) is 8.97. The lowest BCUT2D eigenvalue weighted by atomic mass is 9.98. The molecule has 1 aliphatic rings. The van der Waals surface area contributed by atoms with Crippen molar-refractivity contribution in [3.63, 3.8) is 0 Å². The average Bonchev–Trinajstić information content (AvgIpc) is 2.48. The molecule has 72 valence electrons. The zero-order valence-corrected chi connectivity index (χ0v) is 8.38. The Kier molecular flexibility index (Phi) is 4.02. The summed E-state index contributed by atoms with van der Waals surface area (Å²) in [5, 5.41) is 0. The van der Waals surface area contributed by atoms with Crippen molar-refractivity contribution >= 4 is 0 Å². The first-order valence-electron chi connectivity index (χ1n) is 4.96. The molecule has 0 saturated carbocycles. The first-order valence-corrected chi connectivity index (χ1v) is 4.96. The molecule has 0 aromatic heterocycles. The molecule has 0 aromatic carbocycles. The van der Waals surface area contributed by atoms with Crippen LogP contribution in [0.4, 0.5) is 0 Å². The third-order valence-electron chi connectivity index (χ3n) is 2.70. The summed E-state index contributed by atoms with van der Waals surface area (Å²) in [4.78, 5) is 0. The number of ether oxygens (including phenoxy) is 2. The zero-order valence-electron chi connectivity index (χ0n) is 8.38. The van der Waals surface area contributed by atoms with Crippen LogP contribution >= 0.6 is 0 Å². The van der Waals surface area contributed by atoms with Crippen molar-refractivity contribution < 1.29 is 9.47 Å². The Morgan fingerprint density at radius 1 is 1.33 bits per heavy atom. The lowest BCUT2D eigenvalue weighted by molar-refractivity contribution is 0.0189. The summed E-state index contributed by atoms with van der Waals surface area (Å²) < 4.78 is 11.0. The second-order valence-corrected chi connectivity index (χ2v) is 3.56. The van der Waals surface area contributed by atoms with E-state index >= 15 is 0 Å². The molecule has 0 aromatic rings. The Balaban J connectivity index is 2.39. The lowest BCUT2D eigenvalue weighted by Crippen LogP contribution is -2.19. The van der Waals surface area contributed by atoms with Crippen LogP contribution in [0.15, 0.2) is 0 Å². The van der Waals surface area contributed by atoms with Crippen molar-refractivity contribution in [2.75, 3.05) is 13.7 Å². The van der Waals surface area contributed by atoms with Crippen LogP contribution in [0.1, 0.15) is 33.1 Å². The van der Waals surface area contributed by atoms with E-state index < -0.39 is 0 Å². The summed E-state index contributed by atoms with van der Waals surface area (Å²) >= 11 is 0. The van der Waals surface area contributed by atoms with Crippen LogP contribution < -0.4 is 0 Å². The third-order valence-corrected chi connectivity index (χ3v) is 2.70. The minimum absolute atomic E-state index is 0.440. The van der Waals surface area contributed by atoms with E-state index in [-0.39, 0.29) is 0 Å². The highest BCUT2D eigenvalue weighted by Crippen LogP contribution is 2.30. The topological polar surface area (TPSA) is 18.5 Å². The van der Waals surface area contributed by atoms with E-state index in [4.69, 9.17) is 9.47 Å². The highest BCUT2D eigenvalue weighted by atomic mass is 16.5. The summed E-state index contributed by atoms with van der Waals surface area (Å²) in [6, 6.07) is 0. The monoisotopic (exact) mass is 172 g/mol. The van der Waals surface area contributed by atoms with Crippen LogP contribution in [0, 0.1) is 5.92 Å². The van der Waals surface area contributed by atoms with Crippen molar-refractivity contribution in [1.29, 1.82) is 0 Å². The molecule has 2 nitrogen and oxygen atoms in total. The van der Waals surface area contributed by atoms with Gasteiger partial charge < -0.3 is 9.47 Å². The average molecular weight is 172 g/mol. The number of rotatable bonds is 4. The summed E-state index contributed by atoms with van der Waals surface area (Å²) in [5.74, 6) is 0.630. The number of methoxy groups -OCH3 is 1. The SMILES string of the molecule is CCC1CC(COC)C(CC)O1. The molecular formula is C10H20O2. The van der Waals surface area contributed by atoms with E-state index in [9.17, 15) is 0 Å². The van der Waals surface area contributed by atoms with Gasteiger partial charge in [0.2, 0.25) is 0 Å². The molecule has 12 heavy (non-hydrogen) atoms. The van der Waals surface area contributed by atoms with Crippen molar-refractivity contribution in [2.24, 2.45) is 5.92 Å². The second kappa shape index (κ2) is 4.83. The summed E-state index contributed by atoms with van der Waals surface area (Å²) in [7, 11) is 1.77. The van der Waals surface area contributed by atoms with Crippen molar-refractivity contribution in [3.8, 4) is 0 Å². The summed E-state index contributed by atoms with van der Waals surface area (Å²) in [5.41, 5.74) is 0. The molecule has 1 fully saturated rings. The Labute approximate surface area is 75.2 Å². The van der Waals surface area contributed by atoms with E-state index in [0.717, 1.165) is 19.4 Å². The van der Waals surface area contributed by atoms with E-state index in [1.165, 1.54) is 6.42 Å². The molecule has 0 spiro atoms. The molecule has 0 radical (unpaired) electrons. The van der Waals surface area contributed by atoms with Gasteiger partial charge in [-0.2, -0.15) is 0 Å². The molecular weight excluding hydrogens is 152 g/mol. The van der Waals surface area contributed by atoms with Gasteiger partial charge in [-0.05, 0) is 19.3 Å². The van der Waals surface area contributed by atoms with Gasteiger partial charge >= 0.3 is 0 Å². The Bertz CT molecular complexity index is 125. The normalized spacial score (nSPS) is 35.8. The number of hydrogen-bond acceptors (Lipinski definition) is 2.